The summed E-state index contributed by atoms with van der Waals surface area (Å²) in [5, 5.41) is 0. The highest BCUT2D eigenvalue weighted by Gasteiger charge is 1.91. The van der Waals surface area contributed by atoms with Crippen LogP contribution in [0.15, 0.2) is 0 Å². The third-order valence-corrected chi connectivity index (χ3v) is 0.480. The Morgan fingerprint density at radius 3 is 2.17 bits per heavy atom. The molecule has 0 aromatic heterocycles. The molecule has 0 amide bonds. The third-order valence-electron chi connectivity index (χ3n) is 0.480. The van der Waals surface area contributed by atoms with E-state index in [1.807, 2.05) is 0 Å². The lowest BCUT2D eigenvalue weighted by Crippen LogP contribution is -2.07. The molecule has 0 aromatic rings. The Balaban J connectivity index is 2.75. The predicted octanol–water partition coefficient (Wildman–Crippen LogP) is -0.0209. The second-order valence-corrected chi connectivity index (χ2v) is 0.909. The van der Waals surface area contributed by atoms with Crippen molar-refractivity contribution in [1.82, 2.24) is 5.90 Å². The van der Waals surface area contributed by atoms with Crippen LogP contribution in [0.3, 0.4) is 0 Å². The van der Waals surface area contributed by atoms with Gasteiger partial charge in [0.2, 0.25) is 0 Å². The second kappa shape index (κ2) is 3.08. The lowest BCUT2D eigenvalue weighted by Gasteiger charge is -1.99. The molecule has 1 atom stereocenters. The Morgan fingerprint density at radius 1 is 1.67 bits per heavy atom. The van der Waals surface area contributed by atoms with E-state index < -0.39 is 6.29 Å². The molecule has 0 aromatic carbocycles. The first-order valence-corrected chi connectivity index (χ1v) is 1.64. The lowest BCUT2D eigenvalue weighted by atomic mass is 10.8. The maximum absolute atomic E-state index is 7.71. The van der Waals surface area contributed by atoms with Gasteiger partial charge in [-0.25, -0.2) is 4.84 Å². The fraction of sp³-hybridized carbons (Fsp3) is 1.00. The number of nitrogens with zero attached hydrogens (tertiary/aromatic N) is 1. The normalized spacial score (nSPS) is 14.5. The van der Waals surface area contributed by atoms with Gasteiger partial charge in [-0.05, 0) is 6.92 Å². The van der Waals surface area contributed by atoms with E-state index in [0.29, 0.717) is 0 Å². The zero-order valence-electron chi connectivity index (χ0n) is 3.84. The third kappa shape index (κ3) is 2.14. The molecule has 0 heterocycles. The van der Waals surface area contributed by atoms with E-state index >= 15 is 0 Å². The maximum atomic E-state index is 7.71. The number of methoxy groups -OCH3 is 1. The summed E-state index contributed by atoms with van der Waals surface area (Å²) in [6, 6.07) is 0. The maximum Gasteiger partial charge on any atom is 0.177 e. The van der Waals surface area contributed by atoms with Gasteiger partial charge < -0.3 is 4.74 Å². The summed E-state index contributed by atoms with van der Waals surface area (Å²) in [7, 11) is 1.45. The molecule has 3 heteroatoms. The van der Waals surface area contributed by atoms with Gasteiger partial charge in [-0.15, -0.1) is 0 Å². The molecule has 0 aliphatic rings. The van der Waals surface area contributed by atoms with Gasteiger partial charge in [0.1, 0.15) is 0 Å². The zero-order valence-corrected chi connectivity index (χ0v) is 3.84. The number of rotatable bonds is 2. The number of ether oxygens (including phenoxy) is 1. The minimum Gasteiger partial charge on any atom is -0.354 e. The van der Waals surface area contributed by atoms with Crippen LogP contribution < -0.4 is 5.90 Å². The topological polar surface area (TPSA) is 40.8 Å². The van der Waals surface area contributed by atoms with Gasteiger partial charge in [0, 0.05) is 13.0 Å². The largest absolute Gasteiger partial charge is 0.354 e. The summed E-state index contributed by atoms with van der Waals surface area (Å²) in [5.41, 5.74) is 0. The molecule has 3 nitrogen and oxygen atoms in total. The van der Waals surface area contributed by atoms with Crippen LogP contribution in [-0.2, 0) is 9.57 Å². The molecule has 36 valence electrons. The Bertz CT molecular complexity index is 28.0. The van der Waals surface area contributed by atoms with Crippen LogP contribution >= 0.6 is 0 Å². The van der Waals surface area contributed by atoms with Crippen molar-refractivity contribution in [1.29, 1.82) is 0 Å². The minimum absolute atomic E-state index is 0.509. The summed E-state index contributed by atoms with van der Waals surface area (Å²) in [6.07, 6.45) is -0.509. The van der Waals surface area contributed by atoms with E-state index in [9.17, 15) is 0 Å². The zero-order chi connectivity index (χ0) is 4.99. The van der Waals surface area contributed by atoms with Crippen LogP contribution in [0, 0.1) is 0 Å². The van der Waals surface area contributed by atoms with Gasteiger partial charge in [-0.2, -0.15) is 0 Å². The van der Waals surface area contributed by atoms with Crippen molar-refractivity contribution in [2.45, 2.75) is 13.2 Å². The SMILES string of the molecule is COC(C)O[N]. The highest BCUT2D eigenvalue weighted by Crippen LogP contribution is 1.81. The average molecular weight is 89.1 g/mol. The summed E-state index contributed by atoms with van der Waals surface area (Å²) >= 11 is 0. The van der Waals surface area contributed by atoms with Crippen LogP contribution in [0.25, 0.3) is 0 Å². The van der Waals surface area contributed by atoms with E-state index in [0.717, 1.165) is 0 Å². The molecule has 0 rings (SSSR count). The van der Waals surface area contributed by atoms with E-state index in [1.54, 1.807) is 6.92 Å². The Labute approximate surface area is 37.0 Å². The molecule has 0 N–H and O–H groups in total. The monoisotopic (exact) mass is 89.0 g/mol. The summed E-state index contributed by atoms with van der Waals surface area (Å²) < 4.78 is 4.43. The minimum atomic E-state index is -0.509. The van der Waals surface area contributed by atoms with Crippen LogP contribution in [0.5, 0.6) is 0 Å². The molecule has 2 radical (unpaired) electrons. The first kappa shape index (κ1) is 5.88. The average Bonchev–Trinajstić information content (AvgIpc) is 1.65. The van der Waals surface area contributed by atoms with Gasteiger partial charge in [0.05, 0.1) is 0 Å². The van der Waals surface area contributed by atoms with Gasteiger partial charge in [-0.1, -0.05) is 0 Å². The summed E-state index contributed by atoms with van der Waals surface area (Å²) in [4.78, 5) is 3.68. The fourth-order valence-electron chi connectivity index (χ4n) is 0.0430. The first-order chi connectivity index (χ1) is 2.81. The highest BCUT2D eigenvalue weighted by atomic mass is 16.7. The number of hydrogen-bond acceptors (Lipinski definition) is 2. The Hall–Kier alpha value is -0.120. The van der Waals surface area contributed by atoms with Gasteiger partial charge in [0.25, 0.3) is 0 Å². The van der Waals surface area contributed by atoms with E-state index in [2.05, 4.69) is 9.57 Å². The molecule has 0 saturated heterocycles. The van der Waals surface area contributed by atoms with Gasteiger partial charge in [-0.3, -0.25) is 0 Å². The highest BCUT2D eigenvalue weighted by molar-refractivity contribution is 4.15. The fourth-order valence-corrected chi connectivity index (χ4v) is 0.0430. The van der Waals surface area contributed by atoms with Crippen molar-refractivity contribution in [2.24, 2.45) is 0 Å². The Kier molecular flexibility index (Phi) is 3.02. The van der Waals surface area contributed by atoms with Crippen molar-refractivity contribution < 1.29 is 9.57 Å². The Morgan fingerprint density at radius 2 is 2.17 bits per heavy atom. The molecule has 0 spiro atoms. The van der Waals surface area contributed by atoms with Gasteiger partial charge in [0.15, 0.2) is 6.29 Å². The molecular formula is C3H7NO2. The van der Waals surface area contributed by atoms with Crippen LogP contribution in [-0.4, -0.2) is 13.4 Å². The van der Waals surface area contributed by atoms with Crippen molar-refractivity contribution in [3.63, 3.8) is 0 Å². The van der Waals surface area contributed by atoms with Crippen molar-refractivity contribution in [2.75, 3.05) is 7.11 Å². The molecule has 1 unspecified atom stereocenters. The van der Waals surface area contributed by atoms with E-state index in [-0.39, 0.29) is 0 Å². The quantitative estimate of drug-likeness (QED) is 0.352. The standard InChI is InChI=1S/C3H7NO2/c1-3(5-2)6-4/h3H,1-2H3. The van der Waals surface area contributed by atoms with Crippen LogP contribution in [0.1, 0.15) is 6.92 Å². The molecule has 0 fully saturated rings. The van der Waals surface area contributed by atoms with Crippen molar-refractivity contribution in [3.8, 4) is 0 Å². The van der Waals surface area contributed by atoms with Crippen molar-refractivity contribution >= 4 is 0 Å². The van der Waals surface area contributed by atoms with Crippen molar-refractivity contribution in [3.05, 3.63) is 0 Å². The lowest BCUT2D eigenvalue weighted by molar-refractivity contribution is -0.121. The molecule has 0 aliphatic heterocycles. The second-order valence-electron chi connectivity index (χ2n) is 0.909. The van der Waals surface area contributed by atoms with Gasteiger partial charge >= 0.3 is 0 Å². The predicted molar refractivity (Wildman–Crippen MR) is 19.7 cm³/mol. The summed E-state index contributed by atoms with van der Waals surface area (Å²) in [5.74, 6) is 7.71. The molecular weight excluding hydrogens is 82.0 g/mol. The molecule has 6 heavy (non-hydrogen) atoms. The van der Waals surface area contributed by atoms with E-state index in [1.165, 1.54) is 7.11 Å². The van der Waals surface area contributed by atoms with E-state index in [4.69, 9.17) is 5.90 Å². The smallest absolute Gasteiger partial charge is 0.177 e. The molecule has 0 saturated carbocycles. The summed E-state index contributed by atoms with van der Waals surface area (Å²) in [6.45, 7) is 1.58. The number of hydrogen-bond donors (Lipinski definition) is 0. The molecule has 0 bridgehead atoms. The molecule has 0 aliphatic carbocycles. The first-order valence-electron chi connectivity index (χ1n) is 1.64. The van der Waals surface area contributed by atoms with Crippen LogP contribution in [0.2, 0.25) is 0 Å². The van der Waals surface area contributed by atoms with Crippen LogP contribution in [0.4, 0.5) is 0 Å².